The van der Waals surface area contributed by atoms with E-state index in [2.05, 4.69) is 38.7 Å². The Hall–Kier alpha value is -2.12. The summed E-state index contributed by atoms with van der Waals surface area (Å²) in [6.45, 7) is 14.5. The molecule has 1 aromatic rings. The zero-order chi connectivity index (χ0) is 21.1. The minimum absolute atomic E-state index is 0.622. The van der Waals surface area contributed by atoms with Gasteiger partial charge in [-0.1, -0.05) is 26.0 Å². The van der Waals surface area contributed by atoms with E-state index in [9.17, 15) is 0 Å². The molecule has 1 aliphatic heterocycles. The Morgan fingerprint density at radius 3 is 2.21 bits per heavy atom. The third kappa shape index (κ3) is 9.19. The van der Waals surface area contributed by atoms with Gasteiger partial charge in [0.05, 0.1) is 13.2 Å². The van der Waals surface area contributed by atoms with E-state index in [0.29, 0.717) is 13.2 Å². The molecule has 7 nitrogen and oxygen atoms in total. The highest BCUT2D eigenvalue weighted by molar-refractivity contribution is 6.27. The van der Waals surface area contributed by atoms with E-state index in [1.54, 1.807) is 0 Å². The zero-order valence-electron chi connectivity index (χ0n) is 17.3. The molecule has 1 aliphatic rings. The van der Waals surface area contributed by atoms with Gasteiger partial charge in [-0.2, -0.15) is 0 Å². The van der Waals surface area contributed by atoms with E-state index in [-0.39, 0.29) is 0 Å². The van der Waals surface area contributed by atoms with Crippen LogP contribution in [0, 0.1) is 25.7 Å². The number of aliphatic carboxylic acids is 2. The maximum absolute atomic E-state index is 9.10. The van der Waals surface area contributed by atoms with E-state index in [4.69, 9.17) is 29.3 Å². The molecule has 0 aromatic heterocycles. The number of ether oxygens (including phenoxy) is 2. The minimum atomic E-state index is -1.82. The van der Waals surface area contributed by atoms with Gasteiger partial charge < -0.3 is 24.6 Å². The fourth-order valence-electron chi connectivity index (χ4n) is 3.36. The van der Waals surface area contributed by atoms with Gasteiger partial charge in [-0.3, -0.25) is 0 Å². The number of carboxylic acids is 2. The number of hydrogen-bond donors (Lipinski definition) is 2. The number of carboxylic acid groups (broad SMARTS) is 2. The molecule has 158 valence electrons. The van der Waals surface area contributed by atoms with Crippen LogP contribution in [0.15, 0.2) is 18.2 Å². The van der Waals surface area contributed by atoms with Crippen LogP contribution in [0.4, 0.5) is 0 Å². The Morgan fingerprint density at radius 1 is 1.04 bits per heavy atom. The maximum atomic E-state index is 9.10. The van der Waals surface area contributed by atoms with Gasteiger partial charge in [-0.25, -0.2) is 9.59 Å². The van der Waals surface area contributed by atoms with Crippen molar-refractivity contribution < 1.29 is 29.3 Å². The second-order valence-electron chi connectivity index (χ2n) is 7.47. The average Bonchev–Trinajstić information content (AvgIpc) is 2.61. The van der Waals surface area contributed by atoms with Gasteiger partial charge in [0.2, 0.25) is 0 Å². The van der Waals surface area contributed by atoms with Crippen LogP contribution in [-0.4, -0.2) is 66.5 Å². The highest BCUT2D eigenvalue weighted by atomic mass is 16.5. The van der Waals surface area contributed by atoms with Crippen molar-refractivity contribution >= 4 is 11.9 Å². The highest BCUT2D eigenvalue weighted by Crippen LogP contribution is 2.21. The molecular weight excluding hydrogens is 362 g/mol. The number of aryl methyl sites for hydroxylation is 1. The first-order chi connectivity index (χ1) is 13.2. The van der Waals surface area contributed by atoms with Gasteiger partial charge in [0, 0.05) is 19.6 Å². The van der Waals surface area contributed by atoms with Crippen LogP contribution in [0.25, 0.3) is 0 Å². The lowest BCUT2D eigenvalue weighted by atomic mass is 9.92. The summed E-state index contributed by atoms with van der Waals surface area (Å²) in [4.78, 5) is 20.7. The molecule has 1 aromatic carbocycles. The lowest BCUT2D eigenvalue weighted by molar-refractivity contribution is -0.159. The summed E-state index contributed by atoms with van der Waals surface area (Å²) in [6, 6.07) is 6.18. The summed E-state index contributed by atoms with van der Waals surface area (Å²) in [5, 5.41) is 14.8. The molecule has 0 saturated carbocycles. The normalized spacial score (nSPS) is 19.4. The SMILES string of the molecule is Cc1cccc(OCCOCCN2CC(C)CC(C)C2)c1C.O=C(O)C(=O)O. The number of rotatable bonds is 7. The second-order valence-corrected chi connectivity index (χ2v) is 7.47. The number of benzene rings is 1. The summed E-state index contributed by atoms with van der Waals surface area (Å²) in [5.41, 5.74) is 2.49. The van der Waals surface area contributed by atoms with Gasteiger partial charge in [-0.05, 0) is 49.3 Å². The van der Waals surface area contributed by atoms with Crippen molar-refractivity contribution in [1.82, 2.24) is 4.90 Å². The number of piperidine rings is 1. The molecule has 0 radical (unpaired) electrons. The zero-order valence-corrected chi connectivity index (χ0v) is 17.3. The standard InChI is InChI=1S/C19H31NO2.C2H2O4/c1-15-12-16(2)14-20(13-15)8-9-21-10-11-22-19-7-5-6-17(3)18(19)4;3-1(4)2(5)6/h5-7,15-16H,8-14H2,1-4H3;(H,3,4)(H,5,6). The molecule has 7 heteroatoms. The topological polar surface area (TPSA) is 96.3 Å². The van der Waals surface area contributed by atoms with Gasteiger partial charge in [0.25, 0.3) is 0 Å². The molecule has 1 heterocycles. The predicted octanol–water partition coefficient (Wildman–Crippen LogP) is 2.83. The van der Waals surface area contributed by atoms with Gasteiger partial charge in [-0.15, -0.1) is 0 Å². The van der Waals surface area contributed by atoms with E-state index in [1.807, 2.05) is 12.1 Å². The number of hydrogen-bond acceptors (Lipinski definition) is 5. The van der Waals surface area contributed by atoms with E-state index >= 15 is 0 Å². The van der Waals surface area contributed by atoms with Crippen LogP contribution in [-0.2, 0) is 14.3 Å². The Kier molecular flexibility index (Phi) is 10.6. The third-order valence-electron chi connectivity index (χ3n) is 4.72. The molecule has 2 N–H and O–H groups in total. The fourth-order valence-corrected chi connectivity index (χ4v) is 3.36. The molecule has 0 bridgehead atoms. The molecule has 1 fully saturated rings. The first kappa shape index (κ1) is 23.9. The molecule has 28 heavy (non-hydrogen) atoms. The lowest BCUT2D eigenvalue weighted by Gasteiger charge is -2.34. The molecule has 0 spiro atoms. The fraction of sp³-hybridized carbons (Fsp3) is 0.619. The van der Waals surface area contributed by atoms with Crippen molar-refractivity contribution in [2.45, 2.75) is 34.1 Å². The number of carbonyl (C=O) groups is 2. The summed E-state index contributed by atoms with van der Waals surface area (Å²) < 4.78 is 11.5. The second kappa shape index (κ2) is 12.4. The minimum Gasteiger partial charge on any atom is -0.491 e. The van der Waals surface area contributed by atoms with Crippen molar-refractivity contribution in [2.75, 3.05) is 39.5 Å². The Morgan fingerprint density at radius 2 is 1.64 bits per heavy atom. The van der Waals surface area contributed by atoms with Crippen LogP contribution in [0.2, 0.25) is 0 Å². The Bertz CT molecular complexity index is 611. The molecule has 2 rings (SSSR count). The Labute approximate surface area is 167 Å². The quantitative estimate of drug-likeness (QED) is 0.541. The van der Waals surface area contributed by atoms with Crippen molar-refractivity contribution in [2.24, 2.45) is 11.8 Å². The first-order valence-electron chi connectivity index (χ1n) is 9.66. The van der Waals surface area contributed by atoms with E-state index in [0.717, 1.165) is 30.7 Å². The third-order valence-corrected chi connectivity index (χ3v) is 4.72. The van der Waals surface area contributed by atoms with E-state index < -0.39 is 11.9 Å². The summed E-state index contributed by atoms with van der Waals surface area (Å²) in [6.07, 6.45) is 1.36. The molecule has 0 aliphatic carbocycles. The monoisotopic (exact) mass is 395 g/mol. The maximum Gasteiger partial charge on any atom is 0.414 e. The van der Waals surface area contributed by atoms with Gasteiger partial charge in [0.15, 0.2) is 0 Å². The highest BCUT2D eigenvalue weighted by Gasteiger charge is 2.21. The van der Waals surface area contributed by atoms with Crippen LogP contribution in [0.1, 0.15) is 31.4 Å². The smallest absolute Gasteiger partial charge is 0.414 e. The van der Waals surface area contributed by atoms with Crippen molar-refractivity contribution in [3.8, 4) is 5.75 Å². The lowest BCUT2D eigenvalue weighted by Crippen LogP contribution is -2.40. The van der Waals surface area contributed by atoms with Crippen molar-refractivity contribution in [3.63, 3.8) is 0 Å². The van der Waals surface area contributed by atoms with Gasteiger partial charge in [0.1, 0.15) is 12.4 Å². The average molecular weight is 395 g/mol. The largest absolute Gasteiger partial charge is 0.491 e. The molecular formula is C21H33NO6. The predicted molar refractivity (Wildman–Crippen MR) is 107 cm³/mol. The first-order valence-corrected chi connectivity index (χ1v) is 9.66. The van der Waals surface area contributed by atoms with Crippen LogP contribution in [0.5, 0.6) is 5.75 Å². The summed E-state index contributed by atoms with van der Waals surface area (Å²) in [7, 11) is 0. The Balaban J connectivity index is 0.000000568. The van der Waals surface area contributed by atoms with Crippen LogP contribution in [0.3, 0.4) is 0 Å². The number of nitrogens with zero attached hydrogens (tertiary/aromatic N) is 1. The van der Waals surface area contributed by atoms with Crippen molar-refractivity contribution in [3.05, 3.63) is 29.3 Å². The van der Waals surface area contributed by atoms with Crippen LogP contribution >= 0.6 is 0 Å². The summed E-state index contributed by atoms with van der Waals surface area (Å²) in [5.74, 6) is -1.04. The van der Waals surface area contributed by atoms with E-state index in [1.165, 1.54) is 30.6 Å². The molecule has 0 amide bonds. The molecule has 2 atom stereocenters. The molecule has 1 saturated heterocycles. The van der Waals surface area contributed by atoms with Crippen LogP contribution < -0.4 is 4.74 Å². The molecule has 2 unspecified atom stereocenters. The summed E-state index contributed by atoms with van der Waals surface area (Å²) >= 11 is 0. The number of likely N-dealkylation sites (tertiary alicyclic amines) is 1. The van der Waals surface area contributed by atoms with Gasteiger partial charge >= 0.3 is 11.9 Å². The van der Waals surface area contributed by atoms with Crippen molar-refractivity contribution in [1.29, 1.82) is 0 Å².